The van der Waals surface area contributed by atoms with Crippen LogP contribution < -0.4 is 0 Å². The van der Waals surface area contributed by atoms with Crippen LogP contribution in [0.15, 0.2) is 36.9 Å². The summed E-state index contributed by atoms with van der Waals surface area (Å²) in [6.07, 6.45) is 0.833. The van der Waals surface area contributed by atoms with Gasteiger partial charge in [-0.3, -0.25) is 0 Å². The molecule has 0 aromatic rings. The Morgan fingerprint density at radius 1 is 1.25 bits per heavy atom. The predicted molar refractivity (Wildman–Crippen MR) is 53.6 cm³/mol. The second-order valence-corrected chi connectivity index (χ2v) is 2.12. The van der Waals surface area contributed by atoms with Gasteiger partial charge < -0.3 is 5.11 Å². The lowest BCUT2D eigenvalue weighted by atomic mass is 9.95. The molecule has 2 nitrogen and oxygen atoms in total. The van der Waals surface area contributed by atoms with E-state index in [0.29, 0.717) is 0 Å². The van der Waals surface area contributed by atoms with Crippen LogP contribution >= 0.6 is 13.5 Å². The zero-order chi connectivity index (χ0) is 8.27. The first-order chi connectivity index (χ1) is 5.24. The van der Waals surface area contributed by atoms with Crippen LogP contribution in [-0.2, 0) is 4.79 Å². The number of carboxylic acid groups (broad SMARTS) is 1. The zero-order valence-corrected chi connectivity index (χ0v) is 7.45. The zero-order valence-electron chi connectivity index (χ0n) is 6.45. The van der Waals surface area contributed by atoms with Crippen LogP contribution in [-0.4, -0.2) is 11.1 Å². The molecule has 0 atom stereocenters. The highest BCUT2D eigenvalue weighted by molar-refractivity contribution is 7.59. The molecule has 2 aliphatic rings. The Kier molecular flexibility index (Phi) is 4.15. The van der Waals surface area contributed by atoms with Crippen LogP contribution in [0.5, 0.6) is 0 Å². The summed E-state index contributed by atoms with van der Waals surface area (Å²) >= 11 is 0. The van der Waals surface area contributed by atoms with Crippen molar-refractivity contribution < 1.29 is 9.90 Å². The first kappa shape index (κ1) is 10.8. The quantitative estimate of drug-likeness (QED) is 0.685. The monoisotopic (exact) mass is 182 g/mol. The minimum absolute atomic E-state index is 0. The lowest BCUT2D eigenvalue weighted by Gasteiger charge is -2.10. The van der Waals surface area contributed by atoms with E-state index in [1.54, 1.807) is 0 Å². The maximum absolute atomic E-state index is 9.25. The summed E-state index contributed by atoms with van der Waals surface area (Å²) in [4.78, 5) is 9.25. The van der Waals surface area contributed by atoms with Crippen molar-refractivity contribution in [2.45, 2.75) is 0 Å². The summed E-state index contributed by atoms with van der Waals surface area (Å²) in [5.41, 5.74) is 2.85. The minimum atomic E-state index is -0.981. The molecule has 1 N–H and O–H groups in total. The van der Waals surface area contributed by atoms with Crippen molar-refractivity contribution in [3.8, 4) is 11.1 Å². The highest BCUT2D eigenvalue weighted by Gasteiger charge is 2.03. The molecule has 0 saturated carbocycles. The Balaban J connectivity index is 0.000000191. The Morgan fingerprint density at radius 2 is 1.50 bits per heavy atom. The predicted octanol–water partition coefficient (Wildman–Crippen LogP) is 2.04. The van der Waals surface area contributed by atoms with Gasteiger partial charge in [0.15, 0.2) is 0 Å². The number of fused-ring (bicyclic) bond motifs is 1. The fourth-order valence-electron chi connectivity index (χ4n) is 0.663. The second-order valence-electron chi connectivity index (χ2n) is 2.12. The molecule has 0 spiro atoms. The first-order valence-electron chi connectivity index (χ1n) is 3.20. The number of aliphatic carboxylic acids is 1. The van der Waals surface area contributed by atoms with Crippen molar-refractivity contribution in [3.63, 3.8) is 0 Å². The van der Waals surface area contributed by atoms with Crippen molar-refractivity contribution >= 4 is 19.5 Å². The SMILES string of the molecule is C=CC(=O)O.S.c1cc2ccc1-2. The Hall–Kier alpha value is -1.22. The van der Waals surface area contributed by atoms with Gasteiger partial charge in [0.2, 0.25) is 0 Å². The van der Waals surface area contributed by atoms with Gasteiger partial charge in [-0.25, -0.2) is 4.79 Å². The Morgan fingerprint density at radius 3 is 1.50 bits per heavy atom. The minimum Gasteiger partial charge on any atom is -0.478 e. The third-order valence-corrected chi connectivity index (χ3v) is 1.39. The van der Waals surface area contributed by atoms with Crippen LogP contribution in [0.4, 0.5) is 0 Å². The molecule has 0 amide bonds. The van der Waals surface area contributed by atoms with Gasteiger partial charge in [0, 0.05) is 6.08 Å². The van der Waals surface area contributed by atoms with E-state index in [0.717, 1.165) is 6.08 Å². The second kappa shape index (κ2) is 4.62. The molecule has 0 radical (unpaired) electrons. The molecule has 0 aromatic carbocycles. The van der Waals surface area contributed by atoms with Crippen molar-refractivity contribution in [1.29, 1.82) is 0 Å². The number of carboxylic acids is 1. The smallest absolute Gasteiger partial charge is 0.327 e. The maximum Gasteiger partial charge on any atom is 0.327 e. The van der Waals surface area contributed by atoms with Gasteiger partial charge in [-0.15, -0.1) is 0 Å². The lowest BCUT2D eigenvalue weighted by Crippen LogP contribution is -1.85. The van der Waals surface area contributed by atoms with E-state index < -0.39 is 5.97 Å². The Bertz CT molecular complexity index is 256. The Labute approximate surface area is 78.0 Å². The summed E-state index contributed by atoms with van der Waals surface area (Å²) in [5, 5.41) is 7.60. The van der Waals surface area contributed by atoms with Crippen molar-refractivity contribution in [1.82, 2.24) is 0 Å². The van der Waals surface area contributed by atoms with Crippen molar-refractivity contribution in [3.05, 3.63) is 36.9 Å². The molecule has 0 aromatic heterocycles. The summed E-state index contributed by atoms with van der Waals surface area (Å²) in [6, 6.07) is 8.48. The summed E-state index contributed by atoms with van der Waals surface area (Å²) in [6.45, 7) is 2.96. The van der Waals surface area contributed by atoms with Crippen LogP contribution in [0.3, 0.4) is 0 Å². The number of hydrogen-bond donors (Lipinski definition) is 1. The van der Waals surface area contributed by atoms with Crippen LogP contribution in [0.1, 0.15) is 0 Å². The lowest BCUT2D eigenvalue weighted by molar-refractivity contribution is -0.131. The third-order valence-electron chi connectivity index (χ3n) is 1.39. The van der Waals surface area contributed by atoms with Crippen molar-refractivity contribution in [2.24, 2.45) is 0 Å². The molecule has 2 aliphatic carbocycles. The van der Waals surface area contributed by atoms with E-state index >= 15 is 0 Å². The molecule has 64 valence electrons. The normalized spacial score (nSPS) is 8.33. The average Bonchev–Trinajstić information content (AvgIpc) is 1.98. The molecule has 2 rings (SSSR count). The van der Waals surface area contributed by atoms with Crippen LogP contribution in [0.25, 0.3) is 11.1 Å². The molecule has 12 heavy (non-hydrogen) atoms. The molecule has 0 saturated heterocycles. The average molecular weight is 182 g/mol. The maximum atomic E-state index is 9.25. The number of benzene rings is 1. The number of hydrogen-bond acceptors (Lipinski definition) is 1. The number of rotatable bonds is 1. The van der Waals surface area contributed by atoms with E-state index in [2.05, 4.69) is 30.8 Å². The van der Waals surface area contributed by atoms with Gasteiger partial charge in [-0.2, -0.15) is 13.5 Å². The molecule has 0 unspecified atom stereocenters. The molecular weight excluding hydrogens is 172 g/mol. The van der Waals surface area contributed by atoms with E-state index in [9.17, 15) is 4.79 Å². The molecular formula is C9H10O2S. The fourth-order valence-corrected chi connectivity index (χ4v) is 0.663. The molecule has 0 heterocycles. The van der Waals surface area contributed by atoms with Crippen LogP contribution in [0.2, 0.25) is 0 Å². The van der Waals surface area contributed by atoms with Gasteiger partial charge in [0.25, 0.3) is 0 Å². The van der Waals surface area contributed by atoms with E-state index in [1.807, 2.05) is 0 Å². The standard InChI is InChI=1S/C6H4.C3H4O2.H2S/c1-2-6-4-3-5(1)6;1-2-3(4)5;/h1-4H;2H,1H2,(H,4,5);1H2. The largest absolute Gasteiger partial charge is 0.478 e. The van der Waals surface area contributed by atoms with Crippen molar-refractivity contribution in [2.75, 3.05) is 0 Å². The first-order valence-corrected chi connectivity index (χ1v) is 3.20. The van der Waals surface area contributed by atoms with Gasteiger partial charge in [-0.1, -0.05) is 30.8 Å². The number of carbonyl (C=O) groups is 1. The summed E-state index contributed by atoms with van der Waals surface area (Å²) in [5.74, 6) is -0.981. The molecule has 0 bridgehead atoms. The third kappa shape index (κ3) is 2.43. The van der Waals surface area contributed by atoms with Gasteiger partial charge in [0.05, 0.1) is 0 Å². The molecule has 3 heteroatoms. The van der Waals surface area contributed by atoms with Crippen LogP contribution in [0, 0.1) is 0 Å². The van der Waals surface area contributed by atoms with E-state index in [-0.39, 0.29) is 13.5 Å². The molecule has 0 aliphatic heterocycles. The summed E-state index contributed by atoms with van der Waals surface area (Å²) in [7, 11) is 0. The fraction of sp³-hybridized carbons (Fsp3) is 0. The topological polar surface area (TPSA) is 37.3 Å². The van der Waals surface area contributed by atoms with Gasteiger partial charge in [0.1, 0.15) is 0 Å². The molecule has 0 fully saturated rings. The highest BCUT2D eigenvalue weighted by Crippen LogP contribution is 2.29. The van der Waals surface area contributed by atoms with Gasteiger partial charge in [-0.05, 0) is 11.1 Å². The van der Waals surface area contributed by atoms with E-state index in [4.69, 9.17) is 5.11 Å². The summed E-state index contributed by atoms with van der Waals surface area (Å²) < 4.78 is 0. The van der Waals surface area contributed by atoms with E-state index in [1.165, 1.54) is 11.1 Å². The highest BCUT2D eigenvalue weighted by atomic mass is 32.1. The van der Waals surface area contributed by atoms with Gasteiger partial charge >= 0.3 is 5.97 Å².